The lowest BCUT2D eigenvalue weighted by atomic mass is 10.0. The van der Waals surface area contributed by atoms with Crippen LogP contribution in [-0.4, -0.2) is 38.2 Å². The van der Waals surface area contributed by atoms with Crippen molar-refractivity contribution in [2.75, 3.05) is 17.4 Å². The van der Waals surface area contributed by atoms with Gasteiger partial charge in [-0.1, -0.05) is 0 Å². The normalized spacial score (nSPS) is 11.8. The fraction of sp³-hybridized carbons (Fsp3) is 0.167. The van der Waals surface area contributed by atoms with Crippen molar-refractivity contribution >= 4 is 32.5 Å². The Labute approximate surface area is 162 Å². The standard InChI is InChI=1S/C18H14F3NO6S/c1-29(25,26)8-22-12-7-13-11(6-14(12)28-18(20)21)15(17(23)24)16(27-13)9-2-4-10(19)5-3-9/h2-7,18,22H,8H2,1H3,(H,23,24). The molecule has 0 aliphatic heterocycles. The summed E-state index contributed by atoms with van der Waals surface area (Å²) < 4.78 is 71.5. The molecule has 3 rings (SSSR count). The average molecular weight is 429 g/mol. The third-order valence-electron chi connectivity index (χ3n) is 3.85. The zero-order valence-corrected chi connectivity index (χ0v) is 15.6. The quantitative estimate of drug-likeness (QED) is 0.586. The van der Waals surface area contributed by atoms with E-state index >= 15 is 0 Å². The molecule has 2 aromatic carbocycles. The molecule has 0 aliphatic rings. The Balaban J connectivity index is 2.21. The summed E-state index contributed by atoms with van der Waals surface area (Å²) in [6, 6.07) is 7.01. The van der Waals surface area contributed by atoms with E-state index in [1.807, 2.05) is 0 Å². The Kier molecular flexibility index (Phi) is 5.42. The summed E-state index contributed by atoms with van der Waals surface area (Å²) in [6.07, 6.45) is 0.939. The number of hydrogen-bond acceptors (Lipinski definition) is 6. The summed E-state index contributed by atoms with van der Waals surface area (Å²) >= 11 is 0. The predicted octanol–water partition coefficient (Wildman–Crippen LogP) is 3.95. The largest absolute Gasteiger partial charge is 0.478 e. The summed E-state index contributed by atoms with van der Waals surface area (Å²) in [5, 5.41) is 12.0. The number of ether oxygens (including phenoxy) is 1. The molecular weight excluding hydrogens is 415 g/mol. The summed E-state index contributed by atoms with van der Waals surface area (Å²) in [7, 11) is -3.50. The fourth-order valence-electron chi connectivity index (χ4n) is 2.68. The number of carbonyl (C=O) groups is 1. The number of benzene rings is 2. The van der Waals surface area contributed by atoms with Crippen molar-refractivity contribution in [3.63, 3.8) is 0 Å². The topological polar surface area (TPSA) is 106 Å². The lowest BCUT2D eigenvalue weighted by Gasteiger charge is -2.12. The van der Waals surface area contributed by atoms with Crippen LogP contribution in [0.25, 0.3) is 22.3 Å². The van der Waals surface area contributed by atoms with Crippen LogP contribution in [0, 0.1) is 5.82 Å². The molecule has 3 aromatic rings. The minimum absolute atomic E-state index is 0.0145. The van der Waals surface area contributed by atoms with Crippen LogP contribution in [-0.2, 0) is 9.84 Å². The highest BCUT2D eigenvalue weighted by atomic mass is 32.2. The Bertz CT molecular complexity index is 1170. The van der Waals surface area contributed by atoms with E-state index < -0.39 is 39.9 Å². The second kappa shape index (κ2) is 7.66. The third kappa shape index (κ3) is 4.62. The van der Waals surface area contributed by atoms with E-state index in [0.29, 0.717) is 0 Å². The van der Waals surface area contributed by atoms with E-state index in [9.17, 15) is 31.5 Å². The van der Waals surface area contributed by atoms with Crippen molar-refractivity contribution in [1.82, 2.24) is 0 Å². The van der Waals surface area contributed by atoms with E-state index in [4.69, 9.17) is 4.42 Å². The van der Waals surface area contributed by atoms with Gasteiger partial charge in [-0.25, -0.2) is 17.6 Å². The van der Waals surface area contributed by atoms with Gasteiger partial charge in [-0.15, -0.1) is 0 Å². The summed E-state index contributed by atoms with van der Waals surface area (Å²) in [5.41, 5.74) is -0.221. The predicted molar refractivity (Wildman–Crippen MR) is 98.5 cm³/mol. The van der Waals surface area contributed by atoms with Crippen molar-refractivity contribution in [2.45, 2.75) is 6.61 Å². The number of rotatable bonds is 7. The van der Waals surface area contributed by atoms with Crippen molar-refractivity contribution in [3.8, 4) is 17.1 Å². The van der Waals surface area contributed by atoms with Crippen LogP contribution in [0.3, 0.4) is 0 Å². The number of nitrogens with one attached hydrogen (secondary N) is 1. The highest BCUT2D eigenvalue weighted by Gasteiger charge is 2.24. The minimum atomic E-state index is -3.50. The lowest BCUT2D eigenvalue weighted by Crippen LogP contribution is -2.14. The Morgan fingerprint density at radius 2 is 1.90 bits per heavy atom. The molecule has 0 fully saturated rings. The maximum atomic E-state index is 13.2. The number of furan rings is 1. The molecule has 0 amide bonds. The molecular formula is C18H14F3NO6S. The van der Waals surface area contributed by atoms with Crippen LogP contribution >= 0.6 is 0 Å². The van der Waals surface area contributed by atoms with E-state index in [1.54, 1.807) is 0 Å². The Morgan fingerprint density at radius 1 is 1.24 bits per heavy atom. The van der Waals surface area contributed by atoms with Crippen molar-refractivity contribution in [3.05, 3.63) is 47.8 Å². The molecule has 0 bridgehead atoms. The molecule has 0 saturated heterocycles. The molecule has 0 unspecified atom stereocenters. The first-order valence-electron chi connectivity index (χ1n) is 8.01. The number of halogens is 3. The van der Waals surface area contributed by atoms with Gasteiger partial charge in [-0.2, -0.15) is 8.78 Å². The first-order chi connectivity index (χ1) is 13.5. The van der Waals surface area contributed by atoms with E-state index in [2.05, 4.69) is 10.1 Å². The van der Waals surface area contributed by atoms with E-state index in [1.165, 1.54) is 12.1 Å². The van der Waals surface area contributed by atoms with Gasteiger partial charge in [0.15, 0.2) is 9.84 Å². The molecule has 7 nitrogen and oxygen atoms in total. The highest BCUT2D eigenvalue weighted by molar-refractivity contribution is 7.90. The van der Waals surface area contributed by atoms with Gasteiger partial charge in [0.2, 0.25) is 0 Å². The molecule has 0 atom stereocenters. The number of aromatic carboxylic acids is 1. The van der Waals surface area contributed by atoms with Gasteiger partial charge >= 0.3 is 12.6 Å². The maximum Gasteiger partial charge on any atom is 0.387 e. The monoisotopic (exact) mass is 429 g/mol. The average Bonchev–Trinajstić information content (AvgIpc) is 2.97. The van der Waals surface area contributed by atoms with Crippen molar-refractivity contribution in [1.29, 1.82) is 0 Å². The Morgan fingerprint density at radius 3 is 2.45 bits per heavy atom. The summed E-state index contributed by atoms with van der Waals surface area (Å²) in [6.45, 7) is -3.23. The number of carboxylic acids is 1. The van der Waals surface area contributed by atoms with E-state index in [0.717, 1.165) is 30.5 Å². The van der Waals surface area contributed by atoms with Crippen molar-refractivity contribution < 1.29 is 40.6 Å². The smallest absolute Gasteiger partial charge is 0.387 e. The number of fused-ring (bicyclic) bond motifs is 1. The zero-order chi connectivity index (χ0) is 21.3. The number of carboxylic acid groups (broad SMARTS) is 1. The number of alkyl halides is 2. The third-order valence-corrected chi connectivity index (χ3v) is 4.52. The second-order valence-corrected chi connectivity index (χ2v) is 8.23. The van der Waals surface area contributed by atoms with Gasteiger partial charge in [0.1, 0.15) is 34.4 Å². The maximum absolute atomic E-state index is 13.2. The molecule has 0 radical (unpaired) electrons. The second-order valence-electron chi connectivity index (χ2n) is 6.09. The number of hydrogen-bond donors (Lipinski definition) is 2. The summed E-state index contributed by atoms with van der Waals surface area (Å²) in [4.78, 5) is 11.8. The first-order valence-corrected chi connectivity index (χ1v) is 10.1. The van der Waals surface area contributed by atoms with Crippen molar-refractivity contribution in [2.24, 2.45) is 0 Å². The van der Waals surface area contributed by atoms with Gasteiger partial charge in [0, 0.05) is 23.3 Å². The molecule has 29 heavy (non-hydrogen) atoms. The van der Waals surface area contributed by atoms with Crippen LogP contribution in [0.4, 0.5) is 18.9 Å². The lowest BCUT2D eigenvalue weighted by molar-refractivity contribution is -0.0492. The van der Waals surface area contributed by atoms with Gasteiger partial charge in [-0.05, 0) is 30.3 Å². The van der Waals surface area contributed by atoms with Gasteiger partial charge in [-0.3, -0.25) is 0 Å². The number of sulfone groups is 1. The molecule has 0 aliphatic carbocycles. The molecule has 11 heteroatoms. The van der Waals surface area contributed by atoms with Crippen LogP contribution in [0.2, 0.25) is 0 Å². The minimum Gasteiger partial charge on any atom is -0.478 e. The molecule has 154 valence electrons. The van der Waals surface area contributed by atoms with Crippen LogP contribution in [0.15, 0.2) is 40.8 Å². The SMILES string of the molecule is CS(=O)(=O)CNc1cc2oc(-c3ccc(F)cc3)c(C(=O)O)c2cc1OC(F)F. The van der Waals surface area contributed by atoms with E-state index in [-0.39, 0.29) is 33.5 Å². The molecule has 1 heterocycles. The summed E-state index contributed by atoms with van der Waals surface area (Å²) in [5.74, 6) is -3.08. The van der Waals surface area contributed by atoms with Crippen LogP contribution < -0.4 is 10.1 Å². The molecule has 0 saturated carbocycles. The molecule has 0 spiro atoms. The van der Waals surface area contributed by atoms with Crippen LogP contribution in [0.5, 0.6) is 5.75 Å². The number of anilines is 1. The highest BCUT2D eigenvalue weighted by Crippen LogP contribution is 2.39. The first kappa shape index (κ1) is 20.5. The van der Waals surface area contributed by atoms with Gasteiger partial charge in [0.05, 0.1) is 5.69 Å². The van der Waals surface area contributed by atoms with Gasteiger partial charge < -0.3 is 19.6 Å². The molecule has 1 aromatic heterocycles. The van der Waals surface area contributed by atoms with Crippen LogP contribution in [0.1, 0.15) is 10.4 Å². The Hall–Kier alpha value is -3.21. The fourth-order valence-corrected chi connectivity index (χ4v) is 3.10. The molecule has 2 N–H and O–H groups in total. The zero-order valence-electron chi connectivity index (χ0n) is 14.8. The van der Waals surface area contributed by atoms with Gasteiger partial charge in [0.25, 0.3) is 0 Å².